The van der Waals surface area contributed by atoms with E-state index in [1.54, 1.807) is 31.4 Å². The van der Waals surface area contributed by atoms with Crippen LogP contribution in [0.2, 0.25) is 0 Å². The fourth-order valence-electron chi connectivity index (χ4n) is 2.14. The first-order chi connectivity index (χ1) is 11.5. The van der Waals surface area contributed by atoms with Gasteiger partial charge in [0.05, 0.1) is 19.3 Å². The first kappa shape index (κ1) is 20.9. The molecule has 0 aliphatic heterocycles. The Morgan fingerprint density at radius 2 is 1.92 bits per heavy atom. The average molecular weight is 463 g/mol. The normalized spacial score (nSPS) is 11.0. The minimum Gasteiger partial charge on any atom is -0.495 e. The van der Waals surface area contributed by atoms with E-state index in [0.29, 0.717) is 17.0 Å². The van der Waals surface area contributed by atoms with Crippen molar-refractivity contribution in [1.29, 1.82) is 0 Å². The summed E-state index contributed by atoms with van der Waals surface area (Å²) in [6, 6.07) is 12.2. The number of hydrogen-bond acceptors (Lipinski definition) is 3. The molecule has 0 atom stereocenters. The standard InChI is InChI=1S/C17H19F2N3O2.HI/c1-11-7-8-14(24-16(18)19)12(9-11)10-21-17(20)22-13-5-3-4-6-15(13)23-2;/h3-9,16H,10H2,1-2H3,(H3,20,21,22);1H. The number of alkyl halides is 2. The van der Waals surface area contributed by atoms with Gasteiger partial charge in [0.1, 0.15) is 11.5 Å². The molecule has 0 aliphatic carbocycles. The zero-order valence-corrected chi connectivity index (χ0v) is 16.2. The van der Waals surface area contributed by atoms with E-state index in [0.717, 1.165) is 5.56 Å². The van der Waals surface area contributed by atoms with E-state index in [9.17, 15) is 8.78 Å². The maximum Gasteiger partial charge on any atom is 0.387 e. The van der Waals surface area contributed by atoms with E-state index in [1.165, 1.54) is 6.07 Å². The van der Waals surface area contributed by atoms with Crippen molar-refractivity contribution >= 4 is 35.6 Å². The van der Waals surface area contributed by atoms with Gasteiger partial charge in [-0.15, -0.1) is 24.0 Å². The topological polar surface area (TPSA) is 68.9 Å². The molecular formula is C17H20F2IN3O2. The van der Waals surface area contributed by atoms with Crippen LogP contribution >= 0.6 is 24.0 Å². The van der Waals surface area contributed by atoms with Gasteiger partial charge >= 0.3 is 6.61 Å². The summed E-state index contributed by atoms with van der Waals surface area (Å²) < 4.78 is 34.6. The van der Waals surface area contributed by atoms with Crippen LogP contribution in [-0.4, -0.2) is 19.7 Å². The second-order valence-corrected chi connectivity index (χ2v) is 5.02. The van der Waals surface area contributed by atoms with E-state index in [-0.39, 0.29) is 42.2 Å². The number of benzene rings is 2. The summed E-state index contributed by atoms with van der Waals surface area (Å²) in [5.74, 6) is 0.848. The van der Waals surface area contributed by atoms with Gasteiger partial charge in [-0.1, -0.05) is 29.8 Å². The van der Waals surface area contributed by atoms with Crippen LogP contribution < -0.4 is 20.5 Å². The summed E-state index contributed by atoms with van der Waals surface area (Å²) in [5.41, 5.74) is 7.97. The van der Waals surface area contributed by atoms with Crippen molar-refractivity contribution in [1.82, 2.24) is 0 Å². The first-order valence-electron chi connectivity index (χ1n) is 7.24. The van der Waals surface area contributed by atoms with Gasteiger partial charge in [0, 0.05) is 5.56 Å². The zero-order chi connectivity index (χ0) is 17.5. The van der Waals surface area contributed by atoms with Gasteiger partial charge < -0.3 is 20.5 Å². The third-order valence-corrected chi connectivity index (χ3v) is 3.22. The van der Waals surface area contributed by atoms with Gasteiger partial charge in [0.2, 0.25) is 0 Å². The number of guanidine groups is 1. The molecule has 2 rings (SSSR count). The van der Waals surface area contributed by atoms with Crippen molar-refractivity contribution in [2.45, 2.75) is 20.1 Å². The monoisotopic (exact) mass is 463 g/mol. The molecule has 0 spiro atoms. The molecule has 5 nitrogen and oxygen atoms in total. The fraction of sp³-hybridized carbons (Fsp3) is 0.235. The Bertz CT molecular complexity index is 727. The zero-order valence-electron chi connectivity index (χ0n) is 13.8. The van der Waals surface area contributed by atoms with Crippen LogP contribution in [0.4, 0.5) is 14.5 Å². The lowest BCUT2D eigenvalue weighted by Crippen LogP contribution is -2.23. The summed E-state index contributed by atoms with van der Waals surface area (Å²) in [5, 5.41) is 2.92. The number of halogens is 3. The number of nitrogens with zero attached hydrogens (tertiary/aromatic N) is 1. The van der Waals surface area contributed by atoms with Gasteiger partial charge in [-0.25, -0.2) is 4.99 Å². The van der Waals surface area contributed by atoms with Crippen molar-refractivity contribution < 1.29 is 18.3 Å². The van der Waals surface area contributed by atoms with Crippen LogP contribution in [0.1, 0.15) is 11.1 Å². The van der Waals surface area contributed by atoms with Gasteiger partial charge in [-0.3, -0.25) is 0 Å². The minimum absolute atomic E-state index is 0. The Balaban J connectivity index is 0.00000312. The molecule has 25 heavy (non-hydrogen) atoms. The van der Waals surface area contributed by atoms with Crippen LogP contribution in [0.15, 0.2) is 47.5 Å². The Hall–Kier alpha value is -2.10. The van der Waals surface area contributed by atoms with Crippen molar-refractivity contribution in [3.8, 4) is 11.5 Å². The smallest absolute Gasteiger partial charge is 0.387 e. The Kier molecular flexibility index (Phi) is 8.39. The fourth-order valence-corrected chi connectivity index (χ4v) is 2.14. The number of ether oxygens (including phenoxy) is 2. The van der Waals surface area contributed by atoms with Crippen LogP contribution in [-0.2, 0) is 6.54 Å². The number of aliphatic imine (C=N–C) groups is 1. The summed E-state index contributed by atoms with van der Waals surface area (Å²) in [6.07, 6.45) is 0. The number of nitrogens with two attached hydrogens (primary N) is 1. The molecule has 0 amide bonds. The molecular weight excluding hydrogens is 443 g/mol. The number of para-hydroxylation sites is 2. The van der Waals surface area contributed by atoms with E-state index in [1.807, 2.05) is 19.1 Å². The predicted molar refractivity (Wildman–Crippen MR) is 105 cm³/mol. The summed E-state index contributed by atoms with van der Waals surface area (Å²) in [4.78, 5) is 4.18. The molecule has 3 N–H and O–H groups in total. The number of aryl methyl sites for hydroxylation is 1. The van der Waals surface area contributed by atoms with Crippen molar-refractivity contribution in [2.75, 3.05) is 12.4 Å². The molecule has 0 radical (unpaired) electrons. The number of hydrogen-bond donors (Lipinski definition) is 2. The van der Waals surface area contributed by atoms with E-state index in [2.05, 4.69) is 15.0 Å². The van der Waals surface area contributed by atoms with Gasteiger partial charge in [0.15, 0.2) is 5.96 Å². The molecule has 0 saturated heterocycles. The molecule has 0 aromatic heterocycles. The van der Waals surface area contributed by atoms with E-state index >= 15 is 0 Å². The molecule has 2 aromatic rings. The summed E-state index contributed by atoms with van der Waals surface area (Å²) >= 11 is 0. The highest BCUT2D eigenvalue weighted by atomic mass is 127. The first-order valence-corrected chi connectivity index (χ1v) is 7.24. The SMILES string of the molecule is COc1ccccc1NC(N)=NCc1cc(C)ccc1OC(F)F.I. The van der Waals surface area contributed by atoms with Gasteiger partial charge in [-0.05, 0) is 25.1 Å². The highest BCUT2D eigenvalue weighted by Gasteiger charge is 2.10. The second kappa shape index (κ2) is 10.0. The molecule has 0 fully saturated rings. The maximum absolute atomic E-state index is 12.5. The Morgan fingerprint density at radius 3 is 2.60 bits per heavy atom. The highest BCUT2D eigenvalue weighted by molar-refractivity contribution is 14.0. The Morgan fingerprint density at radius 1 is 1.20 bits per heavy atom. The van der Waals surface area contributed by atoms with Gasteiger partial charge in [0.25, 0.3) is 0 Å². The summed E-state index contributed by atoms with van der Waals surface area (Å²) in [6.45, 7) is -0.924. The van der Waals surface area contributed by atoms with Crippen LogP contribution in [0.25, 0.3) is 0 Å². The largest absolute Gasteiger partial charge is 0.495 e. The summed E-state index contributed by atoms with van der Waals surface area (Å²) in [7, 11) is 1.55. The molecule has 0 heterocycles. The van der Waals surface area contributed by atoms with Crippen molar-refractivity contribution in [3.63, 3.8) is 0 Å². The van der Waals surface area contributed by atoms with Gasteiger partial charge in [-0.2, -0.15) is 8.78 Å². The lowest BCUT2D eigenvalue weighted by atomic mass is 10.1. The number of anilines is 1. The second-order valence-electron chi connectivity index (χ2n) is 5.02. The molecule has 0 aliphatic rings. The Labute approximate surface area is 162 Å². The van der Waals surface area contributed by atoms with Crippen LogP contribution in [0, 0.1) is 6.92 Å². The average Bonchev–Trinajstić information content (AvgIpc) is 2.55. The molecule has 2 aromatic carbocycles. The number of nitrogens with one attached hydrogen (secondary N) is 1. The van der Waals surface area contributed by atoms with Crippen molar-refractivity contribution in [3.05, 3.63) is 53.6 Å². The minimum atomic E-state index is -2.89. The van der Waals surface area contributed by atoms with E-state index in [4.69, 9.17) is 10.5 Å². The maximum atomic E-state index is 12.5. The molecule has 0 bridgehead atoms. The molecule has 0 saturated carbocycles. The van der Waals surface area contributed by atoms with Crippen LogP contribution in [0.5, 0.6) is 11.5 Å². The van der Waals surface area contributed by atoms with Crippen LogP contribution in [0.3, 0.4) is 0 Å². The molecule has 8 heteroatoms. The van der Waals surface area contributed by atoms with Crippen molar-refractivity contribution in [2.24, 2.45) is 10.7 Å². The third kappa shape index (κ3) is 6.37. The predicted octanol–water partition coefficient (Wildman–Crippen LogP) is 4.15. The van der Waals surface area contributed by atoms with E-state index < -0.39 is 6.61 Å². The number of methoxy groups -OCH3 is 1. The number of rotatable bonds is 6. The third-order valence-electron chi connectivity index (χ3n) is 3.22. The lowest BCUT2D eigenvalue weighted by Gasteiger charge is -2.12. The highest BCUT2D eigenvalue weighted by Crippen LogP contribution is 2.24. The quantitative estimate of drug-likeness (QED) is 0.384. The molecule has 136 valence electrons. The molecule has 0 unspecified atom stereocenters. The lowest BCUT2D eigenvalue weighted by molar-refractivity contribution is -0.0504.